The van der Waals surface area contributed by atoms with Crippen LogP contribution >= 0.6 is 15.9 Å². The summed E-state index contributed by atoms with van der Waals surface area (Å²) in [7, 11) is 0. The molecule has 0 unspecified atom stereocenters. The van der Waals surface area contributed by atoms with Crippen LogP contribution in [-0.4, -0.2) is 11.1 Å². The lowest BCUT2D eigenvalue weighted by atomic mass is 9.98. The first-order valence-corrected chi connectivity index (χ1v) is 6.22. The summed E-state index contributed by atoms with van der Waals surface area (Å²) in [6.07, 6.45) is -1.50. The summed E-state index contributed by atoms with van der Waals surface area (Å²) >= 11 is 3.19. The van der Waals surface area contributed by atoms with Crippen molar-refractivity contribution in [3.8, 4) is 0 Å². The van der Waals surface area contributed by atoms with Crippen LogP contribution in [0.1, 0.15) is 41.3 Å². The lowest BCUT2D eigenvalue weighted by molar-refractivity contribution is 0.0988. The Morgan fingerprint density at radius 1 is 1.44 bits per heavy atom. The van der Waals surface area contributed by atoms with Crippen molar-refractivity contribution in [2.45, 2.75) is 26.2 Å². The van der Waals surface area contributed by atoms with Crippen molar-refractivity contribution >= 4 is 21.7 Å². The number of benzene rings is 1. The molecule has 0 saturated carbocycles. The maximum absolute atomic E-state index is 12.5. The van der Waals surface area contributed by atoms with E-state index in [1.54, 1.807) is 0 Å². The van der Waals surface area contributed by atoms with Crippen LogP contribution in [0.2, 0.25) is 0 Å². The topological polar surface area (TPSA) is 17.1 Å². The number of carbonyl (C=O) groups is 1. The van der Waals surface area contributed by atoms with Gasteiger partial charge in [-0.25, -0.2) is 8.78 Å². The van der Waals surface area contributed by atoms with E-state index in [1.807, 2.05) is 6.92 Å². The third kappa shape index (κ3) is 3.11. The summed E-state index contributed by atoms with van der Waals surface area (Å²) in [5.41, 5.74) is 1.24. The van der Waals surface area contributed by atoms with Crippen molar-refractivity contribution < 1.29 is 13.6 Å². The summed E-state index contributed by atoms with van der Waals surface area (Å²) in [6, 6.07) is 4.25. The number of aryl methyl sites for hydroxylation is 1. The van der Waals surface area contributed by atoms with Crippen molar-refractivity contribution in [2.24, 2.45) is 0 Å². The molecule has 0 bridgehead atoms. The van der Waals surface area contributed by atoms with Gasteiger partial charge in [0, 0.05) is 22.9 Å². The Morgan fingerprint density at radius 3 is 2.62 bits per heavy atom. The van der Waals surface area contributed by atoms with Gasteiger partial charge >= 0.3 is 0 Å². The standard InChI is InChI=1S/C12H13BrF2O/c1-2-8-7-9(12(14)15)3-4-10(8)11(16)5-6-13/h3-4,7,12H,2,5-6H2,1H3. The van der Waals surface area contributed by atoms with E-state index in [-0.39, 0.29) is 11.3 Å². The van der Waals surface area contributed by atoms with Crippen molar-refractivity contribution in [2.75, 3.05) is 5.33 Å². The van der Waals surface area contributed by atoms with E-state index in [0.29, 0.717) is 29.3 Å². The normalized spacial score (nSPS) is 10.8. The molecule has 1 aromatic rings. The summed E-state index contributed by atoms with van der Waals surface area (Å²) in [5, 5.41) is 0.589. The molecule has 0 N–H and O–H groups in total. The minimum Gasteiger partial charge on any atom is -0.294 e. The first-order valence-electron chi connectivity index (χ1n) is 5.10. The van der Waals surface area contributed by atoms with E-state index >= 15 is 0 Å². The molecular formula is C12H13BrF2O. The summed E-state index contributed by atoms with van der Waals surface area (Å²) < 4.78 is 24.9. The van der Waals surface area contributed by atoms with Crippen molar-refractivity contribution in [1.29, 1.82) is 0 Å². The minimum atomic E-state index is -2.48. The Kier molecular flexibility index (Phi) is 5.06. The average Bonchev–Trinajstić information content (AvgIpc) is 2.28. The second-order valence-electron chi connectivity index (χ2n) is 3.43. The Balaban J connectivity index is 3.06. The Bertz CT molecular complexity index is 377. The van der Waals surface area contributed by atoms with Gasteiger partial charge in [-0.3, -0.25) is 4.79 Å². The smallest absolute Gasteiger partial charge is 0.263 e. The predicted molar refractivity (Wildman–Crippen MR) is 63.5 cm³/mol. The first-order chi connectivity index (χ1) is 7.60. The second-order valence-corrected chi connectivity index (χ2v) is 4.23. The van der Waals surface area contributed by atoms with Gasteiger partial charge in [-0.05, 0) is 18.1 Å². The maximum atomic E-state index is 12.5. The third-order valence-electron chi connectivity index (χ3n) is 2.38. The molecule has 4 heteroatoms. The van der Waals surface area contributed by atoms with E-state index in [0.717, 1.165) is 0 Å². The molecule has 0 fully saturated rings. The molecule has 0 amide bonds. The van der Waals surface area contributed by atoms with Crippen LogP contribution in [0.3, 0.4) is 0 Å². The fourth-order valence-corrected chi connectivity index (χ4v) is 1.89. The number of hydrogen-bond donors (Lipinski definition) is 0. The highest BCUT2D eigenvalue weighted by Crippen LogP contribution is 2.23. The van der Waals surface area contributed by atoms with Gasteiger partial charge in [-0.15, -0.1) is 0 Å². The number of ketones is 1. The average molecular weight is 291 g/mol. The van der Waals surface area contributed by atoms with Crippen LogP contribution in [0.5, 0.6) is 0 Å². The number of alkyl halides is 3. The van der Waals surface area contributed by atoms with Crippen LogP contribution < -0.4 is 0 Å². The number of hydrogen-bond acceptors (Lipinski definition) is 1. The van der Waals surface area contributed by atoms with Gasteiger partial charge in [-0.2, -0.15) is 0 Å². The van der Waals surface area contributed by atoms with Gasteiger partial charge in [0.15, 0.2) is 5.78 Å². The summed E-state index contributed by atoms with van der Waals surface area (Å²) in [5.74, 6) is -0.00505. The Labute approximate surface area is 102 Å². The quantitative estimate of drug-likeness (QED) is 0.588. The molecule has 1 aromatic carbocycles. The second kappa shape index (κ2) is 6.09. The van der Waals surface area contributed by atoms with Gasteiger partial charge in [-0.1, -0.05) is 35.0 Å². The molecular weight excluding hydrogens is 278 g/mol. The van der Waals surface area contributed by atoms with Crippen LogP contribution in [0.4, 0.5) is 8.78 Å². The van der Waals surface area contributed by atoms with E-state index in [9.17, 15) is 13.6 Å². The largest absolute Gasteiger partial charge is 0.294 e. The van der Waals surface area contributed by atoms with Crippen molar-refractivity contribution in [3.63, 3.8) is 0 Å². The minimum absolute atomic E-state index is 0.00505. The van der Waals surface area contributed by atoms with E-state index < -0.39 is 6.43 Å². The van der Waals surface area contributed by atoms with Crippen LogP contribution in [0.15, 0.2) is 18.2 Å². The first kappa shape index (κ1) is 13.3. The van der Waals surface area contributed by atoms with Crippen LogP contribution in [-0.2, 0) is 6.42 Å². The molecule has 0 aliphatic rings. The van der Waals surface area contributed by atoms with Crippen molar-refractivity contribution in [3.05, 3.63) is 34.9 Å². The highest BCUT2D eigenvalue weighted by molar-refractivity contribution is 9.09. The molecule has 0 aromatic heterocycles. The van der Waals surface area contributed by atoms with E-state index in [4.69, 9.17) is 0 Å². The molecule has 0 aliphatic carbocycles. The lowest BCUT2D eigenvalue weighted by Gasteiger charge is -2.08. The number of Topliss-reactive ketones (excluding diaryl/α,β-unsaturated/α-hetero) is 1. The van der Waals surface area contributed by atoms with Crippen molar-refractivity contribution in [1.82, 2.24) is 0 Å². The van der Waals surface area contributed by atoms with E-state index in [1.165, 1.54) is 18.2 Å². The molecule has 0 spiro atoms. The fourth-order valence-electron chi connectivity index (χ4n) is 1.53. The highest BCUT2D eigenvalue weighted by Gasteiger charge is 2.13. The molecule has 88 valence electrons. The monoisotopic (exact) mass is 290 g/mol. The third-order valence-corrected chi connectivity index (χ3v) is 2.78. The zero-order chi connectivity index (χ0) is 12.1. The maximum Gasteiger partial charge on any atom is 0.263 e. The summed E-state index contributed by atoms with van der Waals surface area (Å²) in [4.78, 5) is 11.7. The highest BCUT2D eigenvalue weighted by atomic mass is 79.9. The molecule has 0 saturated heterocycles. The Morgan fingerprint density at radius 2 is 2.12 bits per heavy atom. The van der Waals surface area contributed by atoms with E-state index in [2.05, 4.69) is 15.9 Å². The van der Waals surface area contributed by atoms with Crippen LogP contribution in [0, 0.1) is 0 Å². The fraction of sp³-hybridized carbons (Fsp3) is 0.417. The lowest BCUT2D eigenvalue weighted by Crippen LogP contribution is -2.04. The number of carbonyl (C=O) groups excluding carboxylic acids is 1. The van der Waals surface area contributed by atoms with Gasteiger partial charge in [0.2, 0.25) is 0 Å². The van der Waals surface area contributed by atoms with Gasteiger partial charge < -0.3 is 0 Å². The summed E-state index contributed by atoms with van der Waals surface area (Å²) in [6.45, 7) is 1.86. The molecule has 0 heterocycles. The van der Waals surface area contributed by atoms with Gasteiger partial charge in [0.05, 0.1) is 0 Å². The van der Waals surface area contributed by atoms with Crippen LogP contribution in [0.25, 0.3) is 0 Å². The molecule has 1 nitrogen and oxygen atoms in total. The molecule has 16 heavy (non-hydrogen) atoms. The number of rotatable bonds is 5. The predicted octanol–water partition coefficient (Wildman–Crippen LogP) is 4.15. The van der Waals surface area contributed by atoms with Gasteiger partial charge in [0.1, 0.15) is 0 Å². The number of halogens is 3. The Hall–Kier alpha value is -0.770. The van der Waals surface area contributed by atoms with Gasteiger partial charge in [0.25, 0.3) is 6.43 Å². The zero-order valence-electron chi connectivity index (χ0n) is 8.97. The molecule has 0 atom stereocenters. The molecule has 1 rings (SSSR count). The SMILES string of the molecule is CCc1cc(C(F)F)ccc1C(=O)CCBr. The zero-order valence-corrected chi connectivity index (χ0v) is 10.6. The molecule has 0 radical (unpaired) electrons. The molecule has 0 aliphatic heterocycles.